The van der Waals surface area contributed by atoms with E-state index in [-0.39, 0.29) is 5.41 Å². The van der Waals surface area contributed by atoms with Gasteiger partial charge in [-0.25, -0.2) is 13.9 Å². The van der Waals surface area contributed by atoms with Crippen molar-refractivity contribution in [2.24, 2.45) is 0 Å². The van der Waals surface area contributed by atoms with E-state index in [0.29, 0.717) is 28.7 Å². The minimum absolute atomic E-state index is 0.268. The number of ether oxygens (including phenoxy) is 1. The molecule has 0 saturated heterocycles. The highest BCUT2D eigenvalue weighted by Crippen LogP contribution is 2.28. The molecule has 0 atom stereocenters. The molecule has 3 aromatic heterocycles. The van der Waals surface area contributed by atoms with Crippen molar-refractivity contribution < 1.29 is 13.9 Å². The number of benzene rings is 2. The van der Waals surface area contributed by atoms with Gasteiger partial charge in [-0.2, -0.15) is 10.2 Å². The number of amides is 2. The van der Waals surface area contributed by atoms with Gasteiger partial charge in [0, 0.05) is 41.2 Å². The number of H-pyrrole nitrogens is 1. The first kappa shape index (κ1) is 24.7. The number of anilines is 2. The summed E-state index contributed by atoms with van der Waals surface area (Å²) in [6.07, 6.45) is 5.11. The Morgan fingerprint density at radius 2 is 1.82 bits per heavy atom. The molecule has 3 N–H and O–H groups in total. The monoisotopic (exact) mass is 511 g/mol. The summed E-state index contributed by atoms with van der Waals surface area (Å²) < 4.78 is 21.3. The van der Waals surface area contributed by atoms with Crippen molar-refractivity contribution >= 4 is 17.5 Å². The van der Waals surface area contributed by atoms with Gasteiger partial charge in [0.15, 0.2) is 0 Å². The third-order valence-electron chi connectivity index (χ3n) is 5.65. The van der Waals surface area contributed by atoms with Crippen molar-refractivity contribution in [2.45, 2.75) is 26.2 Å². The zero-order valence-corrected chi connectivity index (χ0v) is 21.1. The van der Waals surface area contributed by atoms with Crippen LogP contribution in [0.2, 0.25) is 0 Å². The summed E-state index contributed by atoms with van der Waals surface area (Å²) in [5.74, 6) is 1.25. The molecule has 0 unspecified atom stereocenters. The number of halogens is 1. The zero-order valence-electron chi connectivity index (χ0n) is 21.1. The summed E-state index contributed by atoms with van der Waals surface area (Å²) in [7, 11) is 0. The molecule has 0 aliphatic heterocycles. The SMILES string of the molecule is CC(C)(C)c1cc(NC(=O)Nc2ccc(Oc3ccnc(-c4cn[nH]c4)c3)cc2)n(-c2cccc(F)c2)n1. The van der Waals surface area contributed by atoms with Gasteiger partial charge in [-0.3, -0.25) is 15.4 Å². The molecule has 0 aliphatic rings. The largest absolute Gasteiger partial charge is 0.457 e. The predicted molar refractivity (Wildman–Crippen MR) is 143 cm³/mol. The summed E-state index contributed by atoms with van der Waals surface area (Å²) in [4.78, 5) is 17.2. The highest BCUT2D eigenvalue weighted by Gasteiger charge is 2.21. The Hall–Kier alpha value is -4.99. The molecule has 5 rings (SSSR count). The lowest BCUT2D eigenvalue weighted by Gasteiger charge is -2.14. The van der Waals surface area contributed by atoms with Crippen LogP contribution in [0.15, 0.2) is 85.3 Å². The van der Waals surface area contributed by atoms with Crippen LogP contribution in [-0.4, -0.2) is 31.0 Å². The van der Waals surface area contributed by atoms with E-state index < -0.39 is 11.8 Å². The number of hydrogen-bond donors (Lipinski definition) is 3. The molecule has 2 aromatic carbocycles. The topological polar surface area (TPSA) is 110 Å². The molecule has 0 radical (unpaired) electrons. The van der Waals surface area contributed by atoms with E-state index in [0.717, 1.165) is 17.0 Å². The Bertz CT molecular complexity index is 1560. The van der Waals surface area contributed by atoms with Gasteiger partial charge in [0.1, 0.15) is 23.1 Å². The minimum Gasteiger partial charge on any atom is -0.457 e. The molecule has 2 amide bonds. The standard InChI is InChI=1S/C28H26FN7O2/c1-28(2,3)25-15-26(36(35-25)21-6-4-5-19(29)13-21)34-27(37)33-20-7-9-22(10-8-20)38-23-11-12-30-24(14-23)18-16-31-32-17-18/h4-17H,1-3H3,(H,31,32)(H2,33,34,37). The van der Waals surface area contributed by atoms with Crippen LogP contribution in [0.1, 0.15) is 26.5 Å². The van der Waals surface area contributed by atoms with Crippen LogP contribution in [0.3, 0.4) is 0 Å². The van der Waals surface area contributed by atoms with Crippen LogP contribution < -0.4 is 15.4 Å². The average molecular weight is 512 g/mol. The van der Waals surface area contributed by atoms with Gasteiger partial charge in [0.2, 0.25) is 0 Å². The van der Waals surface area contributed by atoms with Crippen molar-refractivity contribution in [3.05, 3.63) is 96.8 Å². The molecular weight excluding hydrogens is 485 g/mol. The quantitative estimate of drug-likeness (QED) is 0.240. The van der Waals surface area contributed by atoms with Crippen LogP contribution in [0.25, 0.3) is 16.9 Å². The second-order valence-electron chi connectivity index (χ2n) is 9.63. The van der Waals surface area contributed by atoms with Crippen LogP contribution >= 0.6 is 0 Å². The maximum atomic E-state index is 13.9. The highest BCUT2D eigenvalue weighted by atomic mass is 19.1. The van der Waals surface area contributed by atoms with Gasteiger partial charge >= 0.3 is 6.03 Å². The third kappa shape index (κ3) is 5.70. The number of nitrogens with one attached hydrogen (secondary N) is 3. The average Bonchev–Trinajstić information content (AvgIpc) is 3.56. The molecule has 0 spiro atoms. The first-order valence-corrected chi connectivity index (χ1v) is 11.9. The predicted octanol–water partition coefficient (Wildman–Crippen LogP) is 6.53. The van der Waals surface area contributed by atoms with E-state index in [9.17, 15) is 9.18 Å². The fourth-order valence-electron chi connectivity index (χ4n) is 3.69. The van der Waals surface area contributed by atoms with Crippen molar-refractivity contribution in [3.8, 4) is 28.4 Å². The second kappa shape index (κ2) is 10.2. The summed E-state index contributed by atoms with van der Waals surface area (Å²) in [5, 5.41) is 16.9. The van der Waals surface area contributed by atoms with E-state index in [1.807, 2.05) is 26.8 Å². The first-order chi connectivity index (χ1) is 18.2. The van der Waals surface area contributed by atoms with Gasteiger partial charge in [0.05, 0.1) is 23.3 Å². The van der Waals surface area contributed by atoms with Gasteiger partial charge in [0.25, 0.3) is 0 Å². The molecule has 3 heterocycles. The van der Waals surface area contributed by atoms with E-state index >= 15 is 0 Å². The van der Waals surface area contributed by atoms with Gasteiger partial charge < -0.3 is 10.1 Å². The smallest absolute Gasteiger partial charge is 0.324 e. The number of aromatic nitrogens is 5. The lowest BCUT2D eigenvalue weighted by atomic mass is 9.92. The van der Waals surface area contributed by atoms with Crippen LogP contribution in [-0.2, 0) is 5.41 Å². The van der Waals surface area contributed by atoms with Crippen molar-refractivity contribution in [3.63, 3.8) is 0 Å². The second-order valence-corrected chi connectivity index (χ2v) is 9.63. The fraction of sp³-hybridized carbons (Fsp3) is 0.143. The van der Waals surface area contributed by atoms with Gasteiger partial charge in [-0.05, 0) is 48.5 Å². The maximum absolute atomic E-state index is 13.9. The van der Waals surface area contributed by atoms with Crippen LogP contribution in [0.5, 0.6) is 11.5 Å². The summed E-state index contributed by atoms with van der Waals surface area (Å²) in [6, 6.07) is 17.9. The number of carbonyl (C=O) groups is 1. The van der Waals surface area contributed by atoms with Crippen molar-refractivity contribution in [1.29, 1.82) is 0 Å². The number of pyridine rings is 1. The first-order valence-electron chi connectivity index (χ1n) is 11.9. The number of rotatable bonds is 6. The Balaban J connectivity index is 1.28. The Labute approximate surface area is 218 Å². The molecule has 0 aliphatic carbocycles. The van der Waals surface area contributed by atoms with Crippen LogP contribution in [0.4, 0.5) is 20.7 Å². The Morgan fingerprint density at radius 1 is 1.00 bits per heavy atom. The third-order valence-corrected chi connectivity index (χ3v) is 5.65. The molecule has 0 saturated carbocycles. The number of urea groups is 1. The Kier molecular flexibility index (Phi) is 6.61. The maximum Gasteiger partial charge on any atom is 0.324 e. The molecule has 5 aromatic rings. The lowest BCUT2D eigenvalue weighted by Crippen LogP contribution is -2.21. The molecule has 0 fully saturated rings. The minimum atomic E-state index is -0.462. The number of nitrogens with zero attached hydrogens (tertiary/aromatic N) is 4. The number of carbonyl (C=O) groups excluding carboxylic acids is 1. The Morgan fingerprint density at radius 3 is 2.53 bits per heavy atom. The van der Waals surface area contributed by atoms with Gasteiger partial charge in [-0.1, -0.05) is 26.8 Å². The number of aromatic amines is 1. The lowest BCUT2D eigenvalue weighted by molar-refractivity contribution is 0.262. The van der Waals surface area contributed by atoms with Crippen LogP contribution in [0, 0.1) is 5.82 Å². The summed E-state index contributed by atoms with van der Waals surface area (Å²) in [6.45, 7) is 6.05. The molecular formula is C28H26FN7O2. The van der Waals surface area contributed by atoms with E-state index in [4.69, 9.17) is 4.74 Å². The fourth-order valence-corrected chi connectivity index (χ4v) is 3.69. The molecule has 10 heteroatoms. The summed E-state index contributed by atoms with van der Waals surface area (Å²) in [5.41, 5.74) is 3.15. The molecule has 38 heavy (non-hydrogen) atoms. The van der Waals surface area contributed by atoms with E-state index in [1.54, 1.807) is 67.1 Å². The molecule has 0 bridgehead atoms. The van der Waals surface area contributed by atoms with Gasteiger partial charge in [-0.15, -0.1) is 0 Å². The van der Waals surface area contributed by atoms with Crippen molar-refractivity contribution in [1.82, 2.24) is 25.0 Å². The highest BCUT2D eigenvalue weighted by molar-refractivity contribution is 5.99. The van der Waals surface area contributed by atoms with Crippen molar-refractivity contribution in [2.75, 3.05) is 10.6 Å². The van der Waals surface area contributed by atoms with E-state index in [2.05, 4.69) is 30.9 Å². The number of hydrogen-bond acceptors (Lipinski definition) is 5. The molecule has 192 valence electrons. The normalized spacial score (nSPS) is 11.3. The summed E-state index contributed by atoms with van der Waals surface area (Å²) >= 11 is 0. The van der Waals surface area contributed by atoms with E-state index in [1.165, 1.54) is 16.8 Å². The molecule has 9 nitrogen and oxygen atoms in total. The zero-order chi connectivity index (χ0) is 26.7.